The van der Waals surface area contributed by atoms with Crippen LogP contribution in [0.25, 0.3) is 0 Å². The zero-order valence-corrected chi connectivity index (χ0v) is 17.6. The summed E-state index contributed by atoms with van der Waals surface area (Å²) in [5, 5.41) is 14.5. The molecule has 1 aliphatic heterocycles. The number of ketones is 1. The predicted octanol–water partition coefficient (Wildman–Crippen LogP) is 0.485. The van der Waals surface area contributed by atoms with Crippen LogP contribution in [0.2, 0.25) is 0 Å². The number of nitrogens with zero attached hydrogens (tertiary/aromatic N) is 1. The average molecular weight is 431 g/mol. The molecular formula is C22H29N3O6. The second-order valence-corrected chi connectivity index (χ2v) is 7.76. The number of rotatable bonds is 10. The quantitative estimate of drug-likeness (QED) is 0.462. The van der Waals surface area contributed by atoms with E-state index in [9.17, 15) is 29.1 Å². The first kappa shape index (κ1) is 24.0. The number of phenolic OH excluding ortho intramolecular Hbond substituents is 1. The standard InChI is InChI=1S/C22H29N3O6/c1-15(27)12-17(14-26)23-21(30)13-25-11-3-2-4-19(22(25)31)24-20(29)10-7-16-5-8-18(28)9-6-16/h5-6,8-9,14,17,19,28H,2-4,7,10-13H2,1H3,(H,23,30)(H,24,29)/t17-,19-/m0/s1. The molecule has 3 amide bonds. The molecule has 1 aromatic carbocycles. The fraction of sp³-hybridized carbons (Fsp3) is 0.500. The highest BCUT2D eigenvalue weighted by Crippen LogP contribution is 2.14. The third kappa shape index (κ3) is 8.19. The average Bonchev–Trinajstić information content (AvgIpc) is 2.88. The lowest BCUT2D eigenvalue weighted by atomic mass is 10.1. The summed E-state index contributed by atoms with van der Waals surface area (Å²) in [7, 11) is 0. The van der Waals surface area contributed by atoms with Gasteiger partial charge in [0.25, 0.3) is 0 Å². The molecule has 168 valence electrons. The Morgan fingerprint density at radius 1 is 1.19 bits per heavy atom. The number of hydrogen-bond donors (Lipinski definition) is 3. The summed E-state index contributed by atoms with van der Waals surface area (Å²) in [5.74, 6) is -1.19. The molecule has 1 aromatic rings. The molecule has 0 aliphatic carbocycles. The molecule has 0 radical (unpaired) electrons. The van der Waals surface area contributed by atoms with E-state index in [0.29, 0.717) is 32.1 Å². The molecular weight excluding hydrogens is 402 g/mol. The van der Waals surface area contributed by atoms with Gasteiger partial charge >= 0.3 is 0 Å². The number of carbonyl (C=O) groups excluding carboxylic acids is 5. The van der Waals surface area contributed by atoms with E-state index in [1.54, 1.807) is 24.3 Å². The maximum atomic E-state index is 12.8. The Hall–Kier alpha value is -3.23. The van der Waals surface area contributed by atoms with Crippen molar-refractivity contribution in [3.05, 3.63) is 29.8 Å². The minimum Gasteiger partial charge on any atom is -0.508 e. The fourth-order valence-electron chi connectivity index (χ4n) is 3.45. The lowest BCUT2D eigenvalue weighted by Crippen LogP contribution is -2.51. The van der Waals surface area contributed by atoms with Gasteiger partial charge in [0.05, 0.1) is 12.6 Å². The Morgan fingerprint density at radius 3 is 2.55 bits per heavy atom. The normalized spacial score (nSPS) is 17.4. The number of carbonyl (C=O) groups is 5. The number of aryl methyl sites for hydroxylation is 1. The zero-order valence-electron chi connectivity index (χ0n) is 17.6. The number of hydrogen-bond acceptors (Lipinski definition) is 6. The first-order valence-corrected chi connectivity index (χ1v) is 10.4. The minimum atomic E-state index is -0.914. The fourth-order valence-corrected chi connectivity index (χ4v) is 3.45. The van der Waals surface area contributed by atoms with E-state index in [1.165, 1.54) is 11.8 Å². The van der Waals surface area contributed by atoms with Gasteiger partial charge in [-0.15, -0.1) is 0 Å². The number of Topliss-reactive ketones (excluding diaryl/α,β-unsaturated/α-hetero) is 1. The summed E-state index contributed by atoms with van der Waals surface area (Å²) >= 11 is 0. The van der Waals surface area contributed by atoms with Crippen LogP contribution >= 0.6 is 0 Å². The van der Waals surface area contributed by atoms with Gasteiger partial charge in [0.15, 0.2) is 0 Å². The molecule has 31 heavy (non-hydrogen) atoms. The van der Waals surface area contributed by atoms with Crippen LogP contribution in [0.1, 0.15) is 44.6 Å². The number of likely N-dealkylation sites (tertiary alicyclic amines) is 1. The third-order valence-corrected chi connectivity index (χ3v) is 5.05. The second kappa shape index (κ2) is 11.8. The van der Waals surface area contributed by atoms with Crippen molar-refractivity contribution in [2.75, 3.05) is 13.1 Å². The molecule has 9 nitrogen and oxygen atoms in total. The van der Waals surface area contributed by atoms with Crippen molar-refractivity contribution in [3.8, 4) is 5.75 Å². The molecule has 2 rings (SSSR count). The summed E-state index contributed by atoms with van der Waals surface area (Å²) in [6, 6.07) is 4.95. The summed E-state index contributed by atoms with van der Waals surface area (Å²) in [6.07, 6.45) is 2.99. The van der Waals surface area contributed by atoms with Gasteiger partial charge in [-0.3, -0.25) is 19.2 Å². The monoisotopic (exact) mass is 431 g/mol. The van der Waals surface area contributed by atoms with E-state index >= 15 is 0 Å². The van der Waals surface area contributed by atoms with Crippen molar-refractivity contribution in [1.82, 2.24) is 15.5 Å². The van der Waals surface area contributed by atoms with Crippen molar-refractivity contribution >= 4 is 29.8 Å². The van der Waals surface area contributed by atoms with Crippen LogP contribution in [-0.2, 0) is 30.4 Å². The van der Waals surface area contributed by atoms with Crippen molar-refractivity contribution in [2.24, 2.45) is 0 Å². The van der Waals surface area contributed by atoms with Gasteiger partial charge < -0.3 is 25.4 Å². The number of amides is 3. The Bertz CT molecular complexity index is 808. The molecule has 1 fully saturated rings. The minimum absolute atomic E-state index is 0.0943. The van der Waals surface area contributed by atoms with Crippen LogP contribution in [0.3, 0.4) is 0 Å². The smallest absolute Gasteiger partial charge is 0.245 e. The van der Waals surface area contributed by atoms with E-state index in [1.807, 2.05) is 0 Å². The number of aldehydes is 1. The zero-order chi connectivity index (χ0) is 22.8. The molecule has 0 saturated carbocycles. The lowest BCUT2D eigenvalue weighted by Gasteiger charge is -2.25. The van der Waals surface area contributed by atoms with E-state index < -0.39 is 18.0 Å². The maximum absolute atomic E-state index is 12.8. The van der Waals surface area contributed by atoms with Crippen molar-refractivity contribution in [3.63, 3.8) is 0 Å². The Labute approximate surface area is 181 Å². The molecule has 1 saturated heterocycles. The molecule has 0 aromatic heterocycles. The van der Waals surface area contributed by atoms with Gasteiger partial charge in [-0.2, -0.15) is 0 Å². The first-order chi connectivity index (χ1) is 14.8. The molecule has 2 atom stereocenters. The molecule has 1 aliphatic rings. The number of nitrogens with one attached hydrogen (secondary N) is 2. The highest BCUT2D eigenvalue weighted by Gasteiger charge is 2.29. The summed E-state index contributed by atoms with van der Waals surface area (Å²) in [5.41, 5.74) is 0.897. The van der Waals surface area contributed by atoms with Gasteiger partial charge in [0.1, 0.15) is 23.9 Å². The van der Waals surface area contributed by atoms with E-state index in [-0.39, 0.29) is 42.7 Å². The topological polar surface area (TPSA) is 133 Å². The second-order valence-electron chi connectivity index (χ2n) is 7.76. The van der Waals surface area contributed by atoms with Crippen LogP contribution < -0.4 is 10.6 Å². The molecule has 0 unspecified atom stereocenters. The number of phenols is 1. The van der Waals surface area contributed by atoms with Crippen molar-refractivity contribution < 1.29 is 29.1 Å². The largest absolute Gasteiger partial charge is 0.508 e. The van der Waals surface area contributed by atoms with Gasteiger partial charge in [0.2, 0.25) is 17.7 Å². The Kier molecular flexibility index (Phi) is 9.17. The van der Waals surface area contributed by atoms with Crippen LogP contribution in [0.4, 0.5) is 0 Å². The van der Waals surface area contributed by atoms with Crippen LogP contribution in [-0.4, -0.2) is 65.0 Å². The highest BCUT2D eigenvalue weighted by molar-refractivity contribution is 5.91. The molecule has 1 heterocycles. The van der Waals surface area contributed by atoms with Crippen molar-refractivity contribution in [2.45, 2.75) is 57.5 Å². The SMILES string of the molecule is CC(=O)C[C@@H](C=O)NC(=O)CN1CCCC[C@H](NC(=O)CCc2ccc(O)cc2)C1=O. The predicted molar refractivity (Wildman–Crippen MR) is 112 cm³/mol. The van der Waals surface area contributed by atoms with E-state index in [4.69, 9.17) is 0 Å². The van der Waals surface area contributed by atoms with Crippen LogP contribution in [0.15, 0.2) is 24.3 Å². The highest BCUT2D eigenvalue weighted by atomic mass is 16.3. The van der Waals surface area contributed by atoms with Gasteiger partial charge in [-0.1, -0.05) is 12.1 Å². The summed E-state index contributed by atoms with van der Waals surface area (Å²) < 4.78 is 0. The molecule has 0 bridgehead atoms. The molecule has 9 heteroatoms. The van der Waals surface area contributed by atoms with Crippen LogP contribution in [0, 0.1) is 0 Å². The van der Waals surface area contributed by atoms with Gasteiger partial charge in [0, 0.05) is 19.4 Å². The maximum Gasteiger partial charge on any atom is 0.245 e. The summed E-state index contributed by atoms with van der Waals surface area (Å²) in [6.45, 7) is 1.47. The third-order valence-electron chi connectivity index (χ3n) is 5.05. The molecule has 3 N–H and O–H groups in total. The first-order valence-electron chi connectivity index (χ1n) is 10.4. The van der Waals surface area contributed by atoms with Crippen LogP contribution in [0.5, 0.6) is 5.75 Å². The van der Waals surface area contributed by atoms with Gasteiger partial charge in [-0.25, -0.2) is 0 Å². The van der Waals surface area contributed by atoms with Gasteiger partial charge in [-0.05, 0) is 50.3 Å². The Balaban J connectivity index is 1.88. The number of benzene rings is 1. The van der Waals surface area contributed by atoms with E-state index in [0.717, 1.165) is 12.0 Å². The molecule has 0 spiro atoms. The number of aromatic hydroxyl groups is 1. The Morgan fingerprint density at radius 2 is 1.90 bits per heavy atom. The van der Waals surface area contributed by atoms with Crippen molar-refractivity contribution in [1.29, 1.82) is 0 Å². The lowest BCUT2D eigenvalue weighted by molar-refractivity contribution is -0.139. The van der Waals surface area contributed by atoms with E-state index in [2.05, 4.69) is 10.6 Å². The summed E-state index contributed by atoms with van der Waals surface area (Å²) in [4.78, 5) is 61.0.